The summed E-state index contributed by atoms with van der Waals surface area (Å²) < 4.78 is 0. The fraction of sp³-hybridized carbons (Fsp3) is 0.586. The van der Waals surface area contributed by atoms with Gasteiger partial charge in [-0.15, -0.1) is 0 Å². The highest BCUT2D eigenvalue weighted by atomic mass is 16.3. The SMILES string of the molecule is CC12C=CC(=O)C=C1CCC1C2[C@@H](O)CC2(C)C(C(=O)NC3(c4ccccc4)CC3)CCC12. The number of carbonyl (C=O) groups is 2. The summed E-state index contributed by atoms with van der Waals surface area (Å²) >= 11 is 0. The Hall–Kier alpha value is -2.20. The molecule has 0 saturated heterocycles. The molecule has 0 bridgehead atoms. The van der Waals surface area contributed by atoms with E-state index in [1.54, 1.807) is 12.2 Å². The van der Waals surface area contributed by atoms with Gasteiger partial charge in [-0.3, -0.25) is 9.59 Å². The van der Waals surface area contributed by atoms with Gasteiger partial charge >= 0.3 is 0 Å². The van der Waals surface area contributed by atoms with Crippen molar-refractivity contribution in [2.24, 2.45) is 34.5 Å². The van der Waals surface area contributed by atoms with Gasteiger partial charge in [0.2, 0.25) is 5.91 Å². The lowest BCUT2D eigenvalue weighted by Crippen LogP contribution is -2.57. The van der Waals surface area contributed by atoms with Crippen LogP contribution in [0, 0.1) is 34.5 Å². The monoisotopic (exact) mass is 445 g/mol. The average Bonchev–Trinajstić information content (AvgIpc) is 3.48. The smallest absolute Gasteiger partial charge is 0.224 e. The molecule has 6 unspecified atom stereocenters. The van der Waals surface area contributed by atoms with Crippen molar-refractivity contribution >= 4 is 11.7 Å². The molecule has 0 spiro atoms. The second kappa shape index (κ2) is 7.15. The van der Waals surface area contributed by atoms with Crippen LogP contribution < -0.4 is 5.32 Å². The highest BCUT2D eigenvalue weighted by Crippen LogP contribution is 2.66. The van der Waals surface area contributed by atoms with Crippen molar-refractivity contribution in [3.05, 3.63) is 59.7 Å². The Labute approximate surface area is 196 Å². The highest BCUT2D eigenvalue weighted by Gasteiger charge is 2.63. The normalized spacial score (nSPS) is 42.6. The molecule has 0 aliphatic heterocycles. The number of carbonyl (C=O) groups excluding carboxylic acids is 2. The summed E-state index contributed by atoms with van der Waals surface area (Å²) in [6.45, 7) is 4.48. The number of rotatable bonds is 3. The quantitative estimate of drug-likeness (QED) is 0.710. The molecule has 0 radical (unpaired) electrons. The fourth-order valence-electron chi connectivity index (χ4n) is 8.45. The highest BCUT2D eigenvalue weighted by molar-refractivity contribution is 6.01. The first-order valence-electron chi connectivity index (χ1n) is 12.8. The third kappa shape index (κ3) is 3.06. The lowest BCUT2D eigenvalue weighted by Gasteiger charge is -2.58. The van der Waals surface area contributed by atoms with E-state index in [1.165, 1.54) is 11.1 Å². The molecular formula is C29H35NO3. The Bertz CT molecular complexity index is 1050. The van der Waals surface area contributed by atoms with Crippen molar-refractivity contribution in [1.82, 2.24) is 5.32 Å². The maximum Gasteiger partial charge on any atom is 0.224 e. The van der Waals surface area contributed by atoms with Gasteiger partial charge < -0.3 is 10.4 Å². The van der Waals surface area contributed by atoms with E-state index >= 15 is 0 Å². The van der Waals surface area contributed by atoms with Gasteiger partial charge in [-0.2, -0.15) is 0 Å². The van der Waals surface area contributed by atoms with Gasteiger partial charge in [0, 0.05) is 17.3 Å². The summed E-state index contributed by atoms with van der Waals surface area (Å²) in [5.74, 6) is 1.16. The van der Waals surface area contributed by atoms with E-state index in [1.807, 2.05) is 18.2 Å². The number of ketones is 1. The molecule has 7 atom stereocenters. The molecule has 0 aromatic heterocycles. The third-order valence-corrected chi connectivity index (χ3v) is 10.2. The first-order chi connectivity index (χ1) is 15.8. The lowest BCUT2D eigenvalue weighted by atomic mass is 9.47. The van der Waals surface area contributed by atoms with Crippen LogP contribution in [0.2, 0.25) is 0 Å². The molecule has 4 heteroatoms. The predicted octanol–water partition coefficient (Wildman–Crippen LogP) is 4.69. The predicted molar refractivity (Wildman–Crippen MR) is 127 cm³/mol. The van der Waals surface area contributed by atoms with Crippen molar-refractivity contribution in [1.29, 1.82) is 0 Å². The largest absolute Gasteiger partial charge is 0.393 e. The standard InChI is InChI=1S/C29H35NO3/c1-27-13-12-20(31)16-19(27)8-9-21-22-10-11-23(28(22,2)17-24(32)25(21)27)26(33)30-29(14-15-29)18-6-4-3-5-7-18/h3-7,12-13,16,21-25,32H,8-11,14-15,17H2,1-2H3,(H,30,33)/t21?,22?,23?,24-,25?,27?,28?/m0/s1. The minimum Gasteiger partial charge on any atom is -0.393 e. The van der Waals surface area contributed by atoms with Gasteiger partial charge in [-0.1, -0.05) is 55.8 Å². The van der Waals surface area contributed by atoms with Crippen LogP contribution in [0.1, 0.15) is 64.4 Å². The summed E-state index contributed by atoms with van der Waals surface area (Å²) in [5, 5.41) is 15.0. The Balaban J connectivity index is 1.26. The first kappa shape index (κ1) is 21.3. The lowest BCUT2D eigenvalue weighted by molar-refractivity contribution is -0.141. The number of allylic oxidation sites excluding steroid dienone is 4. The van der Waals surface area contributed by atoms with Crippen molar-refractivity contribution in [3.8, 4) is 0 Å². The molecule has 5 aliphatic carbocycles. The van der Waals surface area contributed by atoms with Gasteiger partial charge in [0.1, 0.15) is 0 Å². The zero-order valence-electron chi connectivity index (χ0n) is 19.7. The fourth-order valence-corrected chi connectivity index (χ4v) is 8.45. The van der Waals surface area contributed by atoms with Crippen LogP contribution in [-0.4, -0.2) is 22.9 Å². The molecule has 4 fully saturated rings. The van der Waals surface area contributed by atoms with E-state index < -0.39 is 6.10 Å². The maximum atomic E-state index is 13.7. The topological polar surface area (TPSA) is 66.4 Å². The van der Waals surface area contributed by atoms with E-state index in [-0.39, 0.29) is 39.9 Å². The molecule has 6 rings (SSSR count). The van der Waals surface area contributed by atoms with Gasteiger partial charge in [0.15, 0.2) is 5.78 Å². The van der Waals surface area contributed by atoms with Crippen LogP contribution >= 0.6 is 0 Å². The number of benzene rings is 1. The molecule has 1 aromatic rings. The number of aliphatic hydroxyl groups is 1. The van der Waals surface area contributed by atoms with E-state index in [0.29, 0.717) is 18.3 Å². The molecule has 1 aromatic carbocycles. The molecule has 0 heterocycles. The van der Waals surface area contributed by atoms with Crippen molar-refractivity contribution < 1.29 is 14.7 Å². The second-order valence-electron chi connectivity index (χ2n) is 11.9. The van der Waals surface area contributed by atoms with E-state index in [9.17, 15) is 14.7 Å². The number of aliphatic hydroxyl groups excluding tert-OH is 1. The van der Waals surface area contributed by atoms with Crippen molar-refractivity contribution in [2.75, 3.05) is 0 Å². The van der Waals surface area contributed by atoms with Crippen LogP contribution in [-0.2, 0) is 15.1 Å². The van der Waals surface area contributed by atoms with E-state index in [2.05, 4.69) is 37.4 Å². The minimum absolute atomic E-state index is 0.0486. The number of nitrogens with one attached hydrogen (secondary N) is 1. The van der Waals surface area contributed by atoms with Crippen LogP contribution in [0.5, 0.6) is 0 Å². The van der Waals surface area contributed by atoms with Gasteiger partial charge in [-0.05, 0) is 79.9 Å². The third-order valence-electron chi connectivity index (χ3n) is 10.2. The zero-order valence-corrected chi connectivity index (χ0v) is 19.7. The number of amides is 1. The van der Waals surface area contributed by atoms with Crippen LogP contribution in [0.15, 0.2) is 54.1 Å². The van der Waals surface area contributed by atoms with Crippen molar-refractivity contribution in [3.63, 3.8) is 0 Å². The Morgan fingerprint density at radius 2 is 1.85 bits per heavy atom. The number of hydrogen-bond donors (Lipinski definition) is 2. The first-order valence-corrected chi connectivity index (χ1v) is 12.8. The molecule has 4 nitrogen and oxygen atoms in total. The van der Waals surface area contributed by atoms with Gasteiger partial charge in [0.25, 0.3) is 0 Å². The zero-order chi connectivity index (χ0) is 23.0. The molecule has 174 valence electrons. The molecular weight excluding hydrogens is 410 g/mol. The summed E-state index contributed by atoms with van der Waals surface area (Å²) in [4.78, 5) is 25.7. The minimum atomic E-state index is -0.458. The summed E-state index contributed by atoms with van der Waals surface area (Å²) in [5.41, 5.74) is 1.77. The summed E-state index contributed by atoms with van der Waals surface area (Å²) in [7, 11) is 0. The Kier molecular flexibility index (Phi) is 4.62. The van der Waals surface area contributed by atoms with Crippen LogP contribution in [0.4, 0.5) is 0 Å². The summed E-state index contributed by atoms with van der Waals surface area (Å²) in [6.07, 6.45) is 11.6. The van der Waals surface area contributed by atoms with Gasteiger partial charge in [-0.25, -0.2) is 0 Å². The van der Waals surface area contributed by atoms with Crippen LogP contribution in [0.3, 0.4) is 0 Å². The Morgan fingerprint density at radius 3 is 2.58 bits per heavy atom. The van der Waals surface area contributed by atoms with Crippen molar-refractivity contribution in [2.45, 2.75) is 70.4 Å². The molecule has 4 saturated carbocycles. The van der Waals surface area contributed by atoms with Crippen LogP contribution in [0.25, 0.3) is 0 Å². The average molecular weight is 446 g/mol. The molecule has 33 heavy (non-hydrogen) atoms. The number of hydrogen-bond acceptors (Lipinski definition) is 3. The van der Waals surface area contributed by atoms with E-state index in [0.717, 1.165) is 38.5 Å². The Morgan fingerprint density at radius 1 is 1.09 bits per heavy atom. The molecule has 2 N–H and O–H groups in total. The summed E-state index contributed by atoms with van der Waals surface area (Å²) in [6, 6.07) is 10.4. The number of fused-ring (bicyclic) bond motifs is 5. The van der Waals surface area contributed by atoms with E-state index in [4.69, 9.17) is 0 Å². The molecule has 5 aliphatic rings. The second-order valence-corrected chi connectivity index (χ2v) is 11.9. The maximum absolute atomic E-state index is 13.7. The molecule has 1 amide bonds. The van der Waals surface area contributed by atoms with Gasteiger partial charge in [0.05, 0.1) is 11.6 Å².